The summed E-state index contributed by atoms with van der Waals surface area (Å²) in [6.45, 7) is 8.26. The molecule has 0 saturated carbocycles. The summed E-state index contributed by atoms with van der Waals surface area (Å²) in [5, 5.41) is 2.94. The number of nitrogens with zero attached hydrogens (tertiary/aromatic N) is 1. The zero-order valence-corrected chi connectivity index (χ0v) is 16.2. The normalized spacial score (nSPS) is 12.7. The van der Waals surface area contributed by atoms with Crippen molar-refractivity contribution in [1.82, 2.24) is 5.32 Å². The second-order valence-corrected chi connectivity index (χ2v) is 8.45. The zero-order valence-electron chi connectivity index (χ0n) is 15.4. The van der Waals surface area contributed by atoms with Crippen LogP contribution in [0.3, 0.4) is 0 Å². The maximum Gasteiger partial charge on any atom is 0.232 e. The lowest BCUT2D eigenvalue weighted by atomic mass is 10.1. The molecule has 0 bridgehead atoms. The molecule has 0 aromatic heterocycles. The highest BCUT2D eigenvalue weighted by atomic mass is 32.2. The average molecular weight is 355 g/mol. The van der Waals surface area contributed by atoms with Crippen LogP contribution in [0.25, 0.3) is 0 Å². The molecule has 6 heteroatoms. The number of aryl methyl sites for hydroxylation is 2. The number of hydrogen-bond donors (Lipinski definition) is 1. The maximum atomic E-state index is 12.1. The molecule has 1 rings (SSSR count). The van der Waals surface area contributed by atoms with E-state index < -0.39 is 10.0 Å². The van der Waals surface area contributed by atoms with Gasteiger partial charge < -0.3 is 5.32 Å². The van der Waals surface area contributed by atoms with Gasteiger partial charge in [-0.3, -0.25) is 9.10 Å². The first-order chi connectivity index (χ1) is 11.1. The van der Waals surface area contributed by atoms with Crippen LogP contribution in [0, 0.1) is 13.8 Å². The van der Waals surface area contributed by atoms with Crippen LogP contribution in [-0.4, -0.2) is 33.2 Å². The largest absolute Gasteiger partial charge is 0.354 e. The van der Waals surface area contributed by atoms with Gasteiger partial charge in [0.25, 0.3) is 0 Å². The molecule has 0 spiro atoms. The summed E-state index contributed by atoms with van der Waals surface area (Å²) in [6.07, 6.45) is 3.99. The van der Waals surface area contributed by atoms with Crippen LogP contribution in [0.2, 0.25) is 0 Å². The van der Waals surface area contributed by atoms with Crippen molar-refractivity contribution in [3.8, 4) is 0 Å². The lowest BCUT2D eigenvalue weighted by Crippen LogP contribution is -2.34. The van der Waals surface area contributed by atoms with Crippen LogP contribution in [-0.2, 0) is 14.8 Å². The fourth-order valence-electron chi connectivity index (χ4n) is 2.82. The Bertz CT molecular complexity index is 636. The molecule has 0 aliphatic heterocycles. The van der Waals surface area contributed by atoms with Gasteiger partial charge in [-0.25, -0.2) is 8.42 Å². The van der Waals surface area contributed by atoms with Crippen LogP contribution >= 0.6 is 0 Å². The van der Waals surface area contributed by atoms with Crippen molar-refractivity contribution in [3.05, 3.63) is 29.3 Å². The van der Waals surface area contributed by atoms with Crippen molar-refractivity contribution in [1.29, 1.82) is 0 Å². The second-order valence-electron chi connectivity index (χ2n) is 6.54. The third kappa shape index (κ3) is 6.91. The monoisotopic (exact) mass is 354 g/mol. The van der Waals surface area contributed by atoms with E-state index in [1.54, 1.807) is 0 Å². The number of hydrogen-bond acceptors (Lipinski definition) is 3. The fourth-order valence-corrected chi connectivity index (χ4v) is 3.77. The molecule has 24 heavy (non-hydrogen) atoms. The lowest BCUT2D eigenvalue weighted by molar-refractivity contribution is -0.121. The number of nitrogens with one attached hydrogen (secondary N) is 1. The molecule has 1 aromatic carbocycles. The van der Waals surface area contributed by atoms with Gasteiger partial charge in [0.15, 0.2) is 0 Å². The van der Waals surface area contributed by atoms with Crippen molar-refractivity contribution in [2.24, 2.45) is 0 Å². The number of sulfonamides is 1. The van der Waals surface area contributed by atoms with E-state index in [1.165, 1.54) is 10.6 Å². The Kier molecular flexibility index (Phi) is 7.73. The first-order valence-electron chi connectivity index (χ1n) is 8.49. The second kappa shape index (κ2) is 9.06. The summed E-state index contributed by atoms with van der Waals surface area (Å²) >= 11 is 0. The summed E-state index contributed by atoms with van der Waals surface area (Å²) in [5.74, 6) is -0.0233. The molecule has 0 fully saturated rings. The molecule has 0 aliphatic carbocycles. The predicted molar refractivity (Wildman–Crippen MR) is 99.9 cm³/mol. The van der Waals surface area contributed by atoms with Gasteiger partial charge in [-0.1, -0.05) is 19.4 Å². The molecule has 0 unspecified atom stereocenters. The molecule has 1 N–H and O–H groups in total. The minimum absolute atomic E-state index is 0.0233. The maximum absolute atomic E-state index is 12.1. The smallest absolute Gasteiger partial charge is 0.232 e. The molecular formula is C18H30N2O3S. The van der Waals surface area contributed by atoms with Crippen molar-refractivity contribution in [2.45, 2.75) is 59.4 Å². The van der Waals surface area contributed by atoms with Gasteiger partial charge in [-0.05, 0) is 56.9 Å². The Hall–Kier alpha value is -1.56. The van der Waals surface area contributed by atoms with Crippen LogP contribution < -0.4 is 9.62 Å². The molecule has 1 amide bonds. The summed E-state index contributed by atoms with van der Waals surface area (Å²) in [5.41, 5.74) is 2.70. The number of benzene rings is 1. The van der Waals surface area contributed by atoms with E-state index in [2.05, 4.69) is 12.2 Å². The molecule has 0 aliphatic rings. The van der Waals surface area contributed by atoms with Gasteiger partial charge in [-0.2, -0.15) is 0 Å². The number of carbonyl (C=O) groups excluding carboxylic acids is 1. The quantitative estimate of drug-likeness (QED) is 0.741. The number of carbonyl (C=O) groups is 1. The zero-order chi connectivity index (χ0) is 18.3. The molecule has 1 aromatic rings. The van der Waals surface area contributed by atoms with Crippen LogP contribution in [0.1, 0.15) is 50.7 Å². The summed E-state index contributed by atoms with van der Waals surface area (Å²) in [4.78, 5) is 11.9. The van der Waals surface area contributed by atoms with Gasteiger partial charge in [0.2, 0.25) is 15.9 Å². The minimum atomic E-state index is -3.38. The number of anilines is 1. The van der Waals surface area contributed by atoms with E-state index in [0.29, 0.717) is 25.1 Å². The van der Waals surface area contributed by atoms with E-state index in [0.717, 1.165) is 24.0 Å². The molecule has 1 atom stereocenters. The molecule has 5 nitrogen and oxygen atoms in total. The van der Waals surface area contributed by atoms with Crippen molar-refractivity contribution < 1.29 is 13.2 Å². The molecular weight excluding hydrogens is 324 g/mol. The standard InChI is InChI=1S/C18H30N2O3S/c1-6-8-16(4)19-18(21)9-7-10-20(24(5,22)23)17-12-14(2)11-15(3)13-17/h11-13,16H,6-10H2,1-5H3,(H,19,21)/t16-/m0/s1. The highest BCUT2D eigenvalue weighted by Gasteiger charge is 2.18. The SMILES string of the molecule is CCC[C@H](C)NC(=O)CCCN(c1cc(C)cc(C)c1)S(C)(=O)=O. The first-order valence-corrected chi connectivity index (χ1v) is 10.3. The summed E-state index contributed by atoms with van der Waals surface area (Å²) in [7, 11) is -3.38. The van der Waals surface area contributed by atoms with Crippen molar-refractivity contribution in [2.75, 3.05) is 17.1 Å². The van der Waals surface area contributed by atoms with E-state index in [1.807, 2.05) is 39.0 Å². The van der Waals surface area contributed by atoms with Gasteiger partial charge in [0.1, 0.15) is 0 Å². The summed E-state index contributed by atoms with van der Waals surface area (Å²) in [6, 6.07) is 5.88. The van der Waals surface area contributed by atoms with Crippen LogP contribution in [0.4, 0.5) is 5.69 Å². The van der Waals surface area contributed by atoms with Gasteiger partial charge in [-0.15, -0.1) is 0 Å². The Morgan fingerprint density at radius 1 is 1.21 bits per heavy atom. The first kappa shape index (κ1) is 20.5. The average Bonchev–Trinajstić information content (AvgIpc) is 2.41. The Morgan fingerprint density at radius 3 is 2.29 bits per heavy atom. The highest BCUT2D eigenvalue weighted by Crippen LogP contribution is 2.21. The van der Waals surface area contributed by atoms with E-state index in [9.17, 15) is 13.2 Å². The van der Waals surface area contributed by atoms with Crippen molar-refractivity contribution >= 4 is 21.6 Å². The van der Waals surface area contributed by atoms with E-state index in [-0.39, 0.29) is 11.9 Å². The fraction of sp³-hybridized carbons (Fsp3) is 0.611. The highest BCUT2D eigenvalue weighted by molar-refractivity contribution is 7.92. The van der Waals surface area contributed by atoms with Gasteiger partial charge in [0.05, 0.1) is 11.9 Å². The van der Waals surface area contributed by atoms with Gasteiger partial charge >= 0.3 is 0 Å². The summed E-state index contributed by atoms with van der Waals surface area (Å²) < 4.78 is 25.6. The number of rotatable bonds is 9. The van der Waals surface area contributed by atoms with Gasteiger partial charge in [0, 0.05) is 19.0 Å². The van der Waals surface area contributed by atoms with Crippen LogP contribution in [0.15, 0.2) is 18.2 Å². The van der Waals surface area contributed by atoms with Crippen LogP contribution in [0.5, 0.6) is 0 Å². The predicted octanol–water partition coefficient (Wildman–Crippen LogP) is 3.15. The molecule has 0 heterocycles. The third-order valence-electron chi connectivity index (χ3n) is 3.79. The van der Waals surface area contributed by atoms with Crippen molar-refractivity contribution in [3.63, 3.8) is 0 Å². The Labute approximate surface area is 146 Å². The molecule has 0 radical (unpaired) electrons. The lowest BCUT2D eigenvalue weighted by Gasteiger charge is -2.23. The molecule has 136 valence electrons. The van der Waals surface area contributed by atoms with E-state index >= 15 is 0 Å². The minimum Gasteiger partial charge on any atom is -0.354 e. The molecule has 0 saturated heterocycles. The Morgan fingerprint density at radius 2 is 1.79 bits per heavy atom. The van der Waals surface area contributed by atoms with E-state index in [4.69, 9.17) is 0 Å². The Balaban J connectivity index is 2.71. The number of amides is 1. The third-order valence-corrected chi connectivity index (χ3v) is 4.98. The topological polar surface area (TPSA) is 66.5 Å².